The number of aliphatic hydroxyl groups is 3. The fourth-order valence-electron chi connectivity index (χ4n) is 4.65. The summed E-state index contributed by atoms with van der Waals surface area (Å²) in [4.78, 5) is 25.5. The number of anilines is 2. The van der Waals surface area contributed by atoms with Crippen LogP contribution in [0.15, 0.2) is 60.7 Å². The van der Waals surface area contributed by atoms with Crippen molar-refractivity contribution in [1.82, 2.24) is 20.4 Å². The van der Waals surface area contributed by atoms with Crippen LogP contribution in [0.1, 0.15) is 67.6 Å². The Hall–Kier alpha value is -3.62. The molecule has 2 amide bonds. The number of hydrogen-bond acceptors (Lipinski definition) is 11. The number of aromatic nitrogens is 4. The molecular formula is C32H40N6O5S2. The van der Waals surface area contributed by atoms with Gasteiger partial charge in [0.15, 0.2) is 5.60 Å². The number of unbranched alkanes of at least 4 members (excludes halogenated alkanes) is 1. The van der Waals surface area contributed by atoms with Crippen molar-refractivity contribution in [1.29, 1.82) is 0 Å². The molecule has 0 radical (unpaired) electrons. The number of nitrogens with one attached hydrogen (secondary N) is 2. The molecule has 4 unspecified atom stereocenters. The third-order valence-corrected chi connectivity index (χ3v) is 9.74. The van der Waals surface area contributed by atoms with E-state index in [1.54, 1.807) is 37.3 Å². The van der Waals surface area contributed by atoms with E-state index in [0.717, 1.165) is 35.7 Å². The highest BCUT2D eigenvalue weighted by Gasteiger charge is 2.49. The summed E-state index contributed by atoms with van der Waals surface area (Å²) in [5.41, 5.74) is -2.34. The summed E-state index contributed by atoms with van der Waals surface area (Å²) < 4.78 is 0. The quantitative estimate of drug-likeness (QED) is 0.109. The minimum Gasteiger partial charge on any atom is -0.392 e. The summed E-state index contributed by atoms with van der Waals surface area (Å²) in [6.07, 6.45) is 4.33. The number of rotatable bonds is 16. The molecule has 240 valence electrons. The number of benzene rings is 2. The second-order valence-electron chi connectivity index (χ2n) is 11.4. The number of hydrogen-bond donors (Lipinski definition) is 5. The Balaban J connectivity index is 1.17. The molecule has 0 aliphatic heterocycles. The van der Waals surface area contributed by atoms with Gasteiger partial charge in [0, 0.05) is 12.8 Å². The monoisotopic (exact) mass is 652 g/mol. The lowest BCUT2D eigenvalue weighted by Crippen LogP contribution is -2.55. The molecule has 2 heterocycles. The van der Waals surface area contributed by atoms with Crippen molar-refractivity contribution in [3.05, 3.63) is 81.8 Å². The summed E-state index contributed by atoms with van der Waals surface area (Å²) in [6, 6.07) is 18.6. The molecule has 0 fully saturated rings. The smallest absolute Gasteiger partial charge is 0.261 e. The first-order valence-electron chi connectivity index (χ1n) is 15.0. The standard InChI is InChI=1S/C32H40N6O5S2/c1-21(24(39)18-12-15-22-13-6-4-7-14-22)27(40)33-29-37-35-25(44-29)19-10-11-20-26-36-38-30(45-26)34-28(41)32(3,43)31(2,42)23-16-8-5-9-17-23/h4-9,13-14,16-17,21,24,39,42-43H,10-12,15,18-20H2,1-3H3,(H,33,37,40)(H,34,38,41). The van der Waals surface area contributed by atoms with E-state index in [4.69, 9.17) is 0 Å². The minimum absolute atomic E-state index is 0.235. The van der Waals surface area contributed by atoms with Gasteiger partial charge < -0.3 is 20.6 Å². The van der Waals surface area contributed by atoms with Crippen LogP contribution in [-0.4, -0.2) is 59.2 Å². The highest BCUT2D eigenvalue weighted by atomic mass is 32.1. The van der Waals surface area contributed by atoms with Crippen LogP contribution in [-0.2, 0) is 34.5 Å². The average molecular weight is 653 g/mol. The molecule has 0 spiro atoms. The summed E-state index contributed by atoms with van der Waals surface area (Å²) in [5.74, 6) is -1.64. The summed E-state index contributed by atoms with van der Waals surface area (Å²) in [5, 5.41) is 56.3. The third kappa shape index (κ3) is 9.21. The topological polar surface area (TPSA) is 170 Å². The van der Waals surface area contributed by atoms with Gasteiger partial charge in [0.2, 0.25) is 16.2 Å². The zero-order valence-electron chi connectivity index (χ0n) is 25.6. The van der Waals surface area contributed by atoms with Crippen LogP contribution in [0.25, 0.3) is 0 Å². The van der Waals surface area contributed by atoms with Gasteiger partial charge in [-0.05, 0) is 57.1 Å². The van der Waals surface area contributed by atoms with Gasteiger partial charge in [0.1, 0.15) is 15.6 Å². The van der Waals surface area contributed by atoms with Crippen molar-refractivity contribution < 1.29 is 24.9 Å². The number of carbonyl (C=O) groups is 2. The van der Waals surface area contributed by atoms with Gasteiger partial charge >= 0.3 is 0 Å². The Morgan fingerprint density at radius 3 is 1.89 bits per heavy atom. The number of amides is 2. The van der Waals surface area contributed by atoms with E-state index >= 15 is 0 Å². The van der Waals surface area contributed by atoms with Crippen molar-refractivity contribution in [3.8, 4) is 0 Å². The second kappa shape index (κ2) is 15.6. The van der Waals surface area contributed by atoms with Crippen LogP contribution in [0.2, 0.25) is 0 Å². The predicted octanol–water partition coefficient (Wildman–Crippen LogP) is 4.51. The molecule has 0 saturated heterocycles. The van der Waals surface area contributed by atoms with Crippen LogP contribution in [0.5, 0.6) is 0 Å². The molecule has 5 N–H and O–H groups in total. The predicted molar refractivity (Wildman–Crippen MR) is 175 cm³/mol. The Morgan fingerprint density at radius 1 is 0.778 bits per heavy atom. The molecule has 0 saturated carbocycles. The van der Waals surface area contributed by atoms with Gasteiger partial charge in [-0.15, -0.1) is 20.4 Å². The highest BCUT2D eigenvalue weighted by molar-refractivity contribution is 7.15. The molecule has 4 rings (SSSR count). The number of carbonyl (C=O) groups excluding carboxylic acids is 2. The van der Waals surface area contributed by atoms with Crippen molar-refractivity contribution in [2.75, 3.05) is 10.6 Å². The first-order chi connectivity index (χ1) is 21.5. The number of aliphatic hydroxyl groups excluding tert-OH is 1. The van der Waals surface area contributed by atoms with E-state index in [0.29, 0.717) is 30.0 Å². The molecule has 4 atom stereocenters. The molecule has 11 nitrogen and oxygen atoms in total. The maximum Gasteiger partial charge on any atom is 0.261 e. The minimum atomic E-state index is -2.12. The van der Waals surface area contributed by atoms with Gasteiger partial charge in [-0.25, -0.2) is 0 Å². The van der Waals surface area contributed by atoms with Gasteiger partial charge in [-0.2, -0.15) is 0 Å². The summed E-state index contributed by atoms with van der Waals surface area (Å²) >= 11 is 2.52. The fourth-order valence-corrected chi connectivity index (χ4v) is 6.21. The molecule has 13 heteroatoms. The van der Waals surface area contributed by atoms with E-state index in [1.807, 2.05) is 18.2 Å². The second-order valence-corrected chi connectivity index (χ2v) is 13.5. The van der Waals surface area contributed by atoms with Gasteiger partial charge in [-0.1, -0.05) is 90.3 Å². The first-order valence-corrected chi connectivity index (χ1v) is 16.6. The van der Waals surface area contributed by atoms with E-state index in [2.05, 4.69) is 43.2 Å². The molecule has 0 aliphatic carbocycles. The lowest BCUT2D eigenvalue weighted by atomic mass is 9.79. The zero-order valence-corrected chi connectivity index (χ0v) is 27.3. The molecule has 4 aromatic rings. The van der Waals surface area contributed by atoms with E-state index in [9.17, 15) is 24.9 Å². The molecule has 2 aromatic heterocycles. The Bertz CT molecular complexity index is 1530. The van der Waals surface area contributed by atoms with Crippen LogP contribution in [0, 0.1) is 5.92 Å². The summed E-state index contributed by atoms with van der Waals surface area (Å²) in [6.45, 7) is 4.37. The Kier molecular flexibility index (Phi) is 11.9. The Labute approximate surface area is 270 Å². The normalized spacial score (nSPS) is 15.4. The van der Waals surface area contributed by atoms with Crippen LogP contribution in [0.4, 0.5) is 10.3 Å². The molecular weight excluding hydrogens is 613 g/mol. The molecule has 0 bridgehead atoms. The van der Waals surface area contributed by atoms with Gasteiger partial charge in [-0.3, -0.25) is 14.9 Å². The van der Waals surface area contributed by atoms with Crippen LogP contribution >= 0.6 is 22.7 Å². The van der Waals surface area contributed by atoms with Crippen molar-refractivity contribution in [2.24, 2.45) is 5.92 Å². The van der Waals surface area contributed by atoms with Crippen molar-refractivity contribution >= 4 is 44.8 Å². The first kappa shape index (κ1) is 34.3. The van der Waals surface area contributed by atoms with E-state index in [-0.39, 0.29) is 11.0 Å². The lowest BCUT2D eigenvalue weighted by molar-refractivity contribution is -0.164. The van der Waals surface area contributed by atoms with Crippen LogP contribution < -0.4 is 10.6 Å². The maximum atomic E-state index is 12.9. The average Bonchev–Trinajstić information content (AvgIpc) is 3.68. The van der Waals surface area contributed by atoms with Crippen molar-refractivity contribution in [3.63, 3.8) is 0 Å². The molecule has 45 heavy (non-hydrogen) atoms. The highest BCUT2D eigenvalue weighted by Crippen LogP contribution is 2.34. The third-order valence-electron chi connectivity index (χ3n) is 7.94. The Morgan fingerprint density at radius 2 is 1.31 bits per heavy atom. The van der Waals surface area contributed by atoms with E-state index in [1.165, 1.54) is 42.1 Å². The lowest BCUT2D eigenvalue weighted by Gasteiger charge is -2.37. The van der Waals surface area contributed by atoms with E-state index < -0.39 is 29.1 Å². The zero-order chi connectivity index (χ0) is 32.5. The maximum absolute atomic E-state index is 12.9. The fraction of sp³-hybridized carbons (Fsp3) is 0.438. The SMILES string of the molecule is CC(C(=O)Nc1nnc(CCCCc2nnc(NC(=O)C(C)(O)C(C)(O)c3ccccc3)s2)s1)C(O)CCCc1ccccc1. The molecule has 0 aliphatic rings. The number of aryl methyl sites for hydroxylation is 3. The largest absolute Gasteiger partial charge is 0.392 e. The van der Waals surface area contributed by atoms with Gasteiger partial charge in [0.25, 0.3) is 5.91 Å². The molecule has 2 aromatic carbocycles. The van der Waals surface area contributed by atoms with Gasteiger partial charge in [0.05, 0.1) is 12.0 Å². The summed E-state index contributed by atoms with van der Waals surface area (Å²) in [7, 11) is 0. The number of nitrogens with zero attached hydrogens (tertiary/aromatic N) is 4. The van der Waals surface area contributed by atoms with Crippen LogP contribution in [0.3, 0.4) is 0 Å². The van der Waals surface area contributed by atoms with Crippen molar-refractivity contribution in [2.45, 2.75) is 83.0 Å².